The summed E-state index contributed by atoms with van der Waals surface area (Å²) in [6, 6.07) is 1.72. The summed E-state index contributed by atoms with van der Waals surface area (Å²) in [5.41, 5.74) is 1.40. The van der Waals surface area contributed by atoms with E-state index in [-0.39, 0.29) is 5.91 Å². The van der Waals surface area contributed by atoms with Crippen molar-refractivity contribution < 1.29 is 4.79 Å². The molecular formula is C11H17N3O. The monoisotopic (exact) mass is 207 g/mol. The van der Waals surface area contributed by atoms with E-state index in [1.807, 2.05) is 0 Å². The van der Waals surface area contributed by atoms with Crippen molar-refractivity contribution >= 4 is 11.6 Å². The van der Waals surface area contributed by atoms with Crippen molar-refractivity contribution in [2.24, 2.45) is 0 Å². The van der Waals surface area contributed by atoms with Crippen molar-refractivity contribution in [3.63, 3.8) is 0 Å². The maximum absolute atomic E-state index is 11.7. The summed E-state index contributed by atoms with van der Waals surface area (Å²) in [5.74, 6) is -0.0461. The number of aromatic nitrogens is 1. The van der Waals surface area contributed by atoms with Crippen LogP contribution < -0.4 is 10.6 Å². The molecule has 4 heteroatoms. The molecule has 2 N–H and O–H groups in total. The molecule has 0 aromatic carbocycles. The zero-order valence-corrected chi connectivity index (χ0v) is 9.21. The molecular weight excluding hydrogens is 190 g/mol. The molecule has 0 unspecified atom stereocenters. The summed E-state index contributed by atoms with van der Waals surface area (Å²) in [6.45, 7) is 2.82. The van der Waals surface area contributed by atoms with E-state index in [1.54, 1.807) is 25.5 Å². The second-order valence-electron chi connectivity index (χ2n) is 3.28. The minimum atomic E-state index is -0.0461. The van der Waals surface area contributed by atoms with E-state index in [1.165, 1.54) is 0 Å². The van der Waals surface area contributed by atoms with Gasteiger partial charge >= 0.3 is 0 Å². The molecule has 1 aromatic heterocycles. The van der Waals surface area contributed by atoms with Gasteiger partial charge in [0.1, 0.15) is 0 Å². The topological polar surface area (TPSA) is 54.0 Å². The first-order valence-corrected chi connectivity index (χ1v) is 5.19. The second-order valence-corrected chi connectivity index (χ2v) is 3.28. The highest BCUT2D eigenvalue weighted by Crippen LogP contribution is 2.11. The van der Waals surface area contributed by atoms with Crippen LogP contribution in [-0.4, -0.2) is 24.5 Å². The molecule has 0 bridgehead atoms. The number of amides is 1. The van der Waals surface area contributed by atoms with Gasteiger partial charge in [-0.1, -0.05) is 13.3 Å². The van der Waals surface area contributed by atoms with Crippen molar-refractivity contribution in [3.8, 4) is 0 Å². The summed E-state index contributed by atoms with van der Waals surface area (Å²) < 4.78 is 0. The minimum Gasteiger partial charge on any atom is -0.386 e. The Morgan fingerprint density at radius 2 is 2.33 bits per heavy atom. The molecule has 0 aliphatic heterocycles. The Morgan fingerprint density at radius 3 is 3.00 bits per heavy atom. The van der Waals surface area contributed by atoms with Crippen molar-refractivity contribution in [3.05, 3.63) is 24.0 Å². The van der Waals surface area contributed by atoms with Gasteiger partial charge in [-0.2, -0.15) is 0 Å². The lowest BCUT2D eigenvalue weighted by molar-refractivity contribution is 0.0954. The number of nitrogens with zero attached hydrogens (tertiary/aromatic N) is 1. The highest BCUT2D eigenvalue weighted by molar-refractivity contribution is 5.99. The molecule has 82 valence electrons. The molecule has 0 saturated heterocycles. The third kappa shape index (κ3) is 3.23. The summed E-state index contributed by atoms with van der Waals surface area (Å²) in [7, 11) is 1.78. The van der Waals surface area contributed by atoms with Crippen LogP contribution in [0.25, 0.3) is 0 Å². The van der Waals surface area contributed by atoms with E-state index < -0.39 is 0 Å². The van der Waals surface area contributed by atoms with Crippen LogP contribution in [0.3, 0.4) is 0 Å². The smallest absolute Gasteiger partial charge is 0.253 e. The molecule has 1 amide bonds. The first-order valence-electron chi connectivity index (χ1n) is 5.19. The van der Waals surface area contributed by atoms with Crippen molar-refractivity contribution in [2.75, 3.05) is 18.9 Å². The van der Waals surface area contributed by atoms with E-state index in [0.29, 0.717) is 5.56 Å². The molecule has 0 saturated carbocycles. The van der Waals surface area contributed by atoms with Crippen LogP contribution in [0, 0.1) is 0 Å². The van der Waals surface area contributed by atoms with E-state index in [0.717, 1.165) is 25.1 Å². The van der Waals surface area contributed by atoms with Gasteiger partial charge in [-0.05, 0) is 12.5 Å². The van der Waals surface area contributed by atoms with Crippen LogP contribution in [0.15, 0.2) is 18.5 Å². The first-order chi connectivity index (χ1) is 7.29. The summed E-state index contributed by atoms with van der Waals surface area (Å²) in [6.07, 6.45) is 5.35. The molecule has 0 atom stereocenters. The Kier molecular flexibility index (Phi) is 4.60. The van der Waals surface area contributed by atoms with Gasteiger partial charge in [0.15, 0.2) is 0 Å². The van der Waals surface area contributed by atoms with Crippen LogP contribution in [0.5, 0.6) is 0 Å². The quantitative estimate of drug-likeness (QED) is 0.722. The molecule has 4 nitrogen and oxygen atoms in total. The largest absolute Gasteiger partial charge is 0.386 e. The van der Waals surface area contributed by atoms with Gasteiger partial charge in [-0.3, -0.25) is 9.78 Å². The number of hydrogen-bond acceptors (Lipinski definition) is 3. The van der Waals surface area contributed by atoms with Gasteiger partial charge in [0, 0.05) is 19.8 Å². The third-order valence-corrected chi connectivity index (χ3v) is 2.15. The SMILES string of the molecule is CCCCNC(=O)c1ccncc1NC. The average molecular weight is 207 g/mol. The standard InChI is InChI=1S/C11H17N3O/c1-3-4-6-14-11(15)9-5-7-13-8-10(9)12-2/h5,7-8,12H,3-4,6H2,1-2H3,(H,14,15). The Bertz CT molecular complexity index is 325. The number of nitrogens with one attached hydrogen (secondary N) is 2. The molecule has 1 rings (SSSR count). The predicted molar refractivity (Wildman–Crippen MR) is 61.0 cm³/mol. The zero-order valence-electron chi connectivity index (χ0n) is 9.21. The molecule has 0 spiro atoms. The molecule has 15 heavy (non-hydrogen) atoms. The summed E-state index contributed by atoms with van der Waals surface area (Å²) >= 11 is 0. The molecule has 0 aliphatic carbocycles. The number of rotatable bonds is 5. The van der Waals surface area contributed by atoms with E-state index >= 15 is 0 Å². The number of pyridine rings is 1. The van der Waals surface area contributed by atoms with E-state index in [4.69, 9.17) is 0 Å². The average Bonchev–Trinajstić information content (AvgIpc) is 2.29. The van der Waals surface area contributed by atoms with Gasteiger partial charge < -0.3 is 10.6 Å². The highest BCUT2D eigenvalue weighted by Gasteiger charge is 2.08. The molecule has 1 aromatic rings. The Balaban J connectivity index is 2.64. The number of carbonyl (C=O) groups excluding carboxylic acids is 1. The van der Waals surface area contributed by atoms with Crippen molar-refractivity contribution in [1.82, 2.24) is 10.3 Å². The summed E-state index contributed by atoms with van der Waals surface area (Å²) in [5, 5.41) is 5.81. The van der Waals surface area contributed by atoms with Crippen LogP contribution >= 0.6 is 0 Å². The van der Waals surface area contributed by atoms with Crippen LogP contribution in [0.2, 0.25) is 0 Å². The van der Waals surface area contributed by atoms with Crippen LogP contribution in [-0.2, 0) is 0 Å². The summed E-state index contributed by atoms with van der Waals surface area (Å²) in [4.78, 5) is 15.7. The maximum atomic E-state index is 11.7. The Labute approximate surface area is 90.1 Å². The number of unbranched alkanes of at least 4 members (excludes halogenated alkanes) is 1. The lowest BCUT2D eigenvalue weighted by Gasteiger charge is -2.08. The third-order valence-electron chi connectivity index (χ3n) is 2.15. The molecule has 0 fully saturated rings. The van der Waals surface area contributed by atoms with Gasteiger partial charge in [0.25, 0.3) is 5.91 Å². The van der Waals surface area contributed by atoms with Gasteiger partial charge in [-0.15, -0.1) is 0 Å². The first kappa shape index (κ1) is 11.5. The maximum Gasteiger partial charge on any atom is 0.253 e. The fourth-order valence-electron chi connectivity index (χ4n) is 1.27. The highest BCUT2D eigenvalue weighted by atomic mass is 16.1. The second kappa shape index (κ2) is 6.01. The fourth-order valence-corrected chi connectivity index (χ4v) is 1.27. The van der Waals surface area contributed by atoms with Gasteiger partial charge in [0.2, 0.25) is 0 Å². The predicted octanol–water partition coefficient (Wildman–Crippen LogP) is 1.65. The molecule has 0 aliphatic rings. The lowest BCUT2D eigenvalue weighted by Crippen LogP contribution is -2.25. The lowest BCUT2D eigenvalue weighted by atomic mass is 10.2. The van der Waals surface area contributed by atoms with Crippen LogP contribution in [0.1, 0.15) is 30.1 Å². The number of anilines is 1. The number of carbonyl (C=O) groups is 1. The van der Waals surface area contributed by atoms with Gasteiger partial charge in [-0.25, -0.2) is 0 Å². The van der Waals surface area contributed by atoms with E-state index in [2.05, 4.69) is 22.5 Å². The molecule has 0 radical (unpaired) electrons. The minimum absolute atomic E-state index is 0.0461. The number of hydrogen-bond donors (Lipinski definition) is 2. The normalized spacial score (nSPS) is 9.73. The van der Waals surface area contributed by atoms with E-state index in [9.17, 15) is 4.79 Å². The van der Waals surface area contributed by atoms with Crippen LogP contribution in [0.4, 0.5) is 5.69 Å². The fraction of sp³-hybridized carbons (Fsp3) is 0.455. The van der Waals surface area contributed by atoms with Gasteiger partial charge in [0.05, 0.1) is 17.4 Å². The molecule has 1 heterocycles. The van der Waals surface area contributed by atoms with Crippen molar-refractivity contribution in [2.45, 2.75) is 19.8 Å². The van der Waals surface area contributed by atoms with Crippen molar-refractivity contribution in [1.29, 1.82) is 0 Å². The Morgan fingerprint density at radius 1 is 1.53 bits per heavy atom. The Hall–Kier alpha value is -1.58. The zero-order chi connectivity index (χ0) is 11.1.